The normalized spacial score (nSPS) is 15.5. The average Bonchev–Trinajstić information content (AvgIpc) is 3.12. The summed E-state index contributed by atoms with van der Waals surface area (Å²) in [5.74, 6) is 0.789. The first-order chi connectivity index (χ1) is 15.1. The lowest BCUT2D eigenvalue weighted by molar-refractivity contribution is 0.0785. The molecule has 0 bridgehead atoms. The summed E-state index contributed by atoms with van der Waals surface area (Å²) in [7, 11) is -2.59. The molecule has 3 heterocycles. The van der Waals surface area contributed by atoms with Crippen LogP contribution in [0.15, 0.2) is 36.4 Å². The van der Waals surface area contributed by atoms with Gasteiger partial charge in [0.05, 0.1) is 11.3 Å². The van der Waals surface area contributed by atoms with Crippen LogP contribution < -0.4 is 10.2 Å². The molecular formula is C21H26N6O4S. The van der Waals surface area contributed by atoms with E-state index in [2.05, 4.69) is 15.4 Å². The van der Waals surface area contributed by atoms with Gasteiger partial charge in [0, 0.05) is 43.9 Å². The zero-order valence-electron chi connectivity index (χ0n) is 18.1. The van der Waals surface area contributed by atoms with Crippen molar-refractivity contribution in [1.29, 1.82) is 0 Å². The van der Waals surface area contributed by atoms with Crippen LogP contribution in [0.1, 0.15) is 35.5 Å². The van der Waals surface area contributed by atoms with Gasteiger partial charge < -0.3 is 15.3 Å². The maximum atomic E-state index is 12.8. The SMILES string of the molecule is Cc1cc2nc(NC(=O)c3ccc(C(C)(C)O)cc3)cc(N3CCN([SH](=O)=O)CC3)n2n1. The van der Waals surface area contributed by atoms with E-state index in [4.69, 9.17) is 0 Å². The van der Waals surface area contributed by atoms with Gasteiger partial charge in [0.25, 0.3) is 5.91 Å². The van der Waals surface area contributed by atoms with Gasteiger partial charge in [0.15, 0.2) is 5.65 Å². The van der Waals surface area contributed by atoms with Gasteiger partial charge in [0.2, 0.25) is 10.9 Å². The van der Waals surface area contributed by atoms with Gasteiger partial charge in [-0.15, -0.1) is 0 Å². The lowest BCUT2D eigenvalue weighted by Gasteiger charge is -2.33. The van der Waals surface area contributed by atoms with Gasteiger partial charge in [-0.25, -0.2) is 17.7 Å². The Hall–Kier alpha value is -3.02. The second kappa shape index (κ2) is 8.49. The number of nitrogens with one attached hydrogen (secondary N) is 1. The number of carbonyl (C=O) groups is 1. The van der Waals surface area contributed by atoms with Gasteiger partial charge in [-0.05, 0) is 38.5 Å². The molecule has 170 valence electrons. The number of thiol groups is 1. The van der Waals surface area contributed by atoms with Crippen LogP contribution in [0.25, 0.3) is 5.65 Å². The number of piperazine rings is 1. The molecule has 4 rings (SSSR count). The number of nitrogens with zero attached hydrogens (tertiary/aromatic N) is 5. The molecule has 1 fully saturated rings. The van der Waals surface area contributed by atoms with E-state index < -0.39 is 16.5 Å². The molecule has 0 aliphatic carbocycles. The van der Waals surface area contributed by atoms with Crippen LogP contribution in [0, 0.1) is 6.92 Å². The van der Waals surface area contributed by atoms with E-state index >= 15 is 0 Å². The Morgan fingerprint density at radius 1 is 1.09 bits per heavy atom. The van der Waals surface area contributed by atoms with Crippen molar-refractivity contribution in [2.24, 2.45) is 0 Å². The first kappa shape index (κ1) is 22.2. The monoisotopic (exact) mass is 458 g/mol. The summed E-state index contributed by atoms with van der Waals surface area (Å²) in [6.07, 6.45) is 0. The average molecular weight is 459 g/mol. The van der Waals surface area contributed by atoms with Crippen molar-refractivity contribution in [3.05, 3.63) is 53.2 Å². The fourth-order valence-electron chi connectivity index (χ4n) is 3.67. The van der Waals surface area contributed by atoms with Crippen molar-refractivity contribution in [3.63, 3.8) is 0 Å². The Balaban J connectivity index is 1.60. The van der Waals surface area contributed by atoms with Crippen LogP contribution in [-0.2, 0) is 16.5 Å². The number of anilines is 2. The third-order valence-corrected chi connectivity index (χ3v) is 6.30. The maximum absolute atomic E-state index is 12.8. The molecule has 1 saturated heterocycles. The van der Waals surface area contributed by atoms with E-state index in [1.165, 1.54) is 4.31 Å². The molecule has 1 aliphatic rings. The van der Waals surface area contributed by atoms with Gasteiger partial charge in [-0.3, -0.25) is 4.79 Å². The lowest BCUT2D eigenvalue weighted by atomic mass is 9.97. The van der Waals surface area contributed by atoms with E-state index in [0.717, 1.165) is 11.5 Å². The lowest BCUT2D eigenvalue weighted by Crippen LogP contribution is -2.46. The Kier molecular flexibility index (Phi) is 5.89. The molecule has 10 nitrogen and oxygen atoms in total. The van der Waals surface area contributed by atoms with Crippen molar-refractivity contribution in [2.45, 2.75) is 26.4 Å². The van der Waals surface area contributed by atoms with Crippen molar-refractivity contribution >= 4 is 34.1 Å². The fourth-order valence-corrected chi connectivity index (χ4v) is 4.17. The number of amides is 1. The van der Waals surface area contributed by atoms with Crippen molar-refractivity contribution < 1.29 is 18.3 Å². The third kappa shape index (κ3) is 4.59. The van der Waals surface area contributed by atoms with Gasteiger partial charge in [-0.2, -0.15) is 9.61 Å². The van der Waals surface area contributed by atoms with Crippen molar-refractivity contribution in [1.82, 2.24) is 18.9 Å². The molecule has 32 heavy (non-hydrogen) atoms. The molecule has 3 aromatic rings. The number of aryl methyl sites for hydroxylation is 1. The Bertz CT molecular complexity index is 1210. The fraction of sp³-hybridized carbons (Fsp3) is 0.381. The van der Waals surface area contributed by atoms with E-state index in [-0.39, 0.29) is 5.91 Å². The maximum Gasteiger partial charge on any atom is 0.256 e. The summed E-state index contributed by atoms with van der Waals surface area (Å²) in [5.41, 5.74) is 1.54. The number of carbonyl (C=O) groups excluding carboxylic acids is 1. The molecule has 2 aromatic heterocycles. The van der Waals surface area contributed by atoms with Gasteiger partial charge in [-0.1, -0.05) is 12.1 Å². The molecule has 0 spiro atoms. The summed E-state index contributed by atoms with van der Waals surface area (Å²) >= 11 is 0. The third-order valence-electron chi connectivity index (χ3n) is 5.44. The largest absolute Gasteiger partial charge is 0.386 e. The second-order valence-electron chi connectivity index (χ2n) is 8.32. The number of fused-ring (bicyclic) bond motifs is 1. The second-order valence-corrected chi connectivity index (χ2v) is 9.37. The Labute approximate surface area is 187 Å². The Morgan fingerprint density at radius 3 is 2.34 bits per heavy atom. The predicted octanol–water partition coefficient (Wildman–Crippen LogP) is 1.17. The van der Waals surface area contributed by atoms with Gasteiger partial charge >= 0.3 is 0 Å². The molecule has 1 aromatic carbocycles. The molecule has 1 aliphatic heterocycles. The van der Waals surface area contributed by atoms with Crippen LogP contribution in [0.2, 0.25) is 0 Å². The van der Waals surface area contributed by atoms with E-state index in [9.17, 15) is 18.3 Å². The minimum absolute atomic E-state index is 0.320. The van der Waals surface area contributed by atoms with E-state index in [1.54, 1.807) is 48.7 Å². The van der Waals surface area contributed by atoms with E-state index in [1.807, 2.05) is 17.9 Å². The van der Waals surface area contributed by atoms with Crippen LogP contribution in [0.4, 0.5) is 11.6 Å². The van der Waals surface area contributed by atoms with E-state index in [0.29, 0.717) is 48.8 Å². The number of rotatable bonds is 5. The number of aromatic nitrogens is 3. The zero-order chi connectivity index (χ0) is 23.0. The van der Waals surface area contributed by atoms with Crippen molar-refractivity contribution in [3.8, 4) is 0 Å². The highest BCUT2D eigenvalue weighted by Crippen LogP contribution is 2.24. The summed E-state index contributed by atoms with van der Waals surface area (Å²) in [4.78, 5) is 19.3. The first-order valence-corrected chi connectivity index (χ1v) is 11.4. The standard InChI is InChI=1S/C21H26N6O4S/c1-14-12-18-22-17(23-20(28)15-4-6-16(7-5-15)21(2,3)29)13-19(27(18)24-14)25-8-10-26(11-9-25)32(30)31/h4-7,12-13,29,32H,8-11H2,1-3H3,(H,22,23,28). The minimum Gasteiger partial charge on any atom is -0.386 e. The molecular weight excluding hydrogens is 432 g/mol. The highest BCUT2D eigenvalue weighted by Gasteiger charge is 2.22. The van der Waals surface area contributed by atoms with Crippen LogP contribution in [0.3, 0.4) is 0 Å². The molecule has 1 amide bonds. The van der Waals surface area contributed by atoms with Crippen LogP contribution in [-0.4, -0.2) is 64.5 Å². The summed E-state index contributed by atoms with van der Waals surface area (Å²) in [5, 5.41) is 17.4. The smallest absolute Gasteiger partial charge is 0.256 e. The van der Waals surface area contributed by atoms with Gasteiger partial charge in [0.1, 0.15) is 11.6 Å². The Morgan fingerprint density at radius 2 is 1.75 bits per heavy atom. The topological polar surface area (TPSA) is 120 Å². The number of hydrogen-bond donors (Lipinski definition) is 3. The highest BCUT2D eigenvalue weighted by molar-refractivity contribution is 7.69. The quantitative estimate of drug-likeness (QED) is 0.491. The van der Waals surface area contributed by atoms with Crippen LogP contribution >= 0.6 is 0 Å². The molecule has 0 radical (unpaired) electrons. The first-order valence-electron chi connectivity index (χ1n) is 10.3. The number of hydrogen-bond acceptors (Lipinski definition) is 7. The summed E-state index contributed by atoms with van der Waals surface area (Å²) in [6.45, 7) is 7.02. The summed E-state index contributed by atoms with van der Waals surface area (Å²) < 4.78 is 25.6. The zero-order valence-corrected chi connectivity index (χ0v) is 19.0. The highest BCUT2D eigenvalue weighted by atomic mass is 32.2. The molecule has 11 heteroatoms. The molecule has 0 saturated carbocycles. The number of benzene rings is 1. The summed E-state index contributed by atoms with van der Waals surface area (Å²) in [6, 6.07) is 10.3. The minimum atomic E-state index is -2.59. The molecule has 2 N–H and O–H groups in total. The molecule has 0 atom stereocenters. The van der Waals surface area contributed by atoms with Crippen molar-refractivity contribution in [2.75, 3.05) is 36.4 Å². The van der Waals surface area contributed by atoms with Crippen LogP contribution in [0.5, 0.6) is 0 Å². The number of aliphatic hydroxyl groups is 1. The molecule has 0 unspecified atom stereocenters. The predicted molar refractivity (Wildman–Crippen MR) is 121 cm³/mol.